The van der Waals surface area contributed by atoms with Crippen LogP contribution in [0.1, 0.15) is 11.1 Å². The molecule has 0 spiro atoms. The van der Waals surface area contributed by atoms with Crippen LogP contribution in [0.2, 0.25) is 0 Å². The van der Waals surface area contributed by atoms with Gasteiger partial charge in [-0.2, -0.15) is 0 Å². The van der Waals surface area contributed by atoms with Gasteiger partial charge in [0.2, 0.25) is 5.82 Å². The molecule has 0 unspecified atom stereocenters. The second-order valence-electron chi connectivity index (χ2n) is 4.38. The van der Waals surface area contributed by atoms with Crippen LogP contribution in [0.3, 0.4) is 0 Å². The summed E-state index contributed by atoms with van der Waals surface area (Å²) in [7, 11) is 0. The lowest BCUT2D eigenvalue weighted by atomic mass is 10.1. The van der Waals surface area contributed by atoms with Crippen LogP contribution in [0, 0.1) is 17.0 Å². The first kappa shape index (κ1) is 14.5. The molecule has 0 bridgehead atoms. The molecule has 0 aliphatic rings. The molecule has 0 atom stereocenters. The van der Waals surface area contributed by atoms with Crippen LogP contribution in [-0.2, 0) is 6.42 Å². The van der Waals surface area contributed by atoms with Crippen LogP contribution in [-0.4, -0.2) is 16.5 Å². The fraction of sp³-hybridized carbons (Fsp3) is 0.214. The van der Waals surface area contributed by atoms with Gasteiger partial charge in [0.25, 0.3) is 0 Å². The summed E-state index contributed by atoms with van der Waals surface area (Å²) < 4.78 is 0.591. The third-order valence-corrected chi connectivity index (χ3v) is 3.41. The largest absolute Gasteiger partial charge is 0.364 e. The maximum absolute atomic E-state index is 11.0. The van der Waals surface area contributed by atoms with Crippen LogP contribution in [0.25, 0.3) is 0 Å². The van der Waals surface area contributed by atoms with Crippen LogP contribution in [0.5, 0.6) is 0 Å². The summed E-state index contributed by atoms with van der Waals surface area (Å²) in [6.07, 6.45) is 2.34. The summed E-state index contributed by atoms with van der Waals surface area (Å²) in [5, 5.41) is 14.0. The molecule has 5 nitrogen and oxygen atoms in total. The maximum atomic E-state index is 11.0. The number of pyridine rings is 1. The van der Waals surface area contributed by atoms with E-state index in [0.29, 0.717) is 16.8 Å². The molecule has 0 aliphatic heterocycles. The topological polar surface area (TPSA) is 68.1 Å². The Morgan fingerprint density at radius 1 is 1.40 bits per heavy atom. The molecule has 0 saturated carbocycles. The Hall–Kier alpha value is -1.95. The first-order valence-corrected chi connectivity index (χ1v) is 6.95. The molecular weight excluding hydrogens is 322 g/mol. The van der Waals surface area contributed by atoms with Gasteiger partial charge in [-0.25, -0.2) is 4.98 Å². The number of nitrogens with one attached hydrogen (secondary N) is 1. The van der Waals surface area contributed by atoms with Crippen molar-refractivity contribution in [2.45, 2.75) is 13.3 Å². The molecular formula is C14H14BrN3O2. The van der Waals surface area contributed by atoms with Gasteiger partial charge in [0, 0.05) is 23.3 Å². The highest BCUT2D eigenvalue weighted by Crippen LogP contribution is 2.25. The number of halogens is 1. The van der Waals surface area contributed by atoms with E-state index in [1.54, 1.807) is 6.20 Å². The molecule has 6 heteroatoms. The van der Waals surface area contributed by atoms with Gasteiger partial charge in [-0.1, -0.05) is 24.3 Å². The van der Waals surface area contributed by atoms with Crippen molar-refractivity contribution in [3.05, 3.63) is 62.2 Å². The van der Waals surface area contributed by atoms with Crippen molar-refractivity contribution in [3.63, 3.8) is 0 Å². The van der Waals surface area contributed by atoms with Crippen LogP contribution >= 0.6 is 15.9 Å². The van der Waals surface area contributed by atoms with Crippen molar-refractivity contribution in [1.82, 2.24) is 4.98 Å². The minimum absolute atomic E-state index is 0.0239. The lowest BCUT2D eigenvalue weighted by Gasteiger charge is -2.08. The van der Waals surface area contributed by atoms with Gasteiger partial charge in [0.1, 0.15) is 0 Å². The number of anilines is 1. The van der Waals surface area contributed by atoms with Gasteiger partial charge in [-0.15, -0.1) is 0 Å². The summed E-state index contributed by atoms with van der Waals surface area (Å²) in [5.41, 5.74) is 2.41. The zero-order chi connectivity index (χ0) is 14.5. The Bertz CT molecular complexity index is 632. The molecule has 104 valence electrons. The average molecular weight is 336 g/mol. The second kappa shape index (κ2) is 6.47. The van der Waals surface area contributed by atoms with Gasteiger partial charge in [-0.3, -0.25) is 10.1 Å². The standard InChI is InChI=1S/C14H14BrN3O2/c1-10-4-2-3-5-11(10)6-7-16-14-13(18(19)20)8-12(15)9-17-14/h2-5,8-9H,6-7H2,1H3,(H,16,17). The summed E-state index contributed by atoms with van der Waals surface area (Å²) in [4.78, 5) is 14.6. The fourth-order valence-corrected chi connectivity index (χ4v) is 2.23. The highest BCUT2D eigenvalue weighted by atomic mass is 79.9. The van der Waals surface area contributed by atoms with Crippen molar-refractivity contribution in [2.75, 3.05) is 11.9 Å². The number of nitro groups is 1. The molecule has 0 amide bonds. The highest BCUT2D eigenvalue weighted by Gasteiger charge is 2.15. The Balaban J connectivity index is 2.05. The summed E-state index contributed by atoms with van der Waals surface area (Å²) >= 11 is 3.18. The highest BCUT2D eigenvalue weighted by molar-refractivity contribution is 9.10. The number of aryl methyl sites for hydroxylation is 1. The molecule has 0 saturated heterocycles. The monoisotopic (exact) mass is 335 g/mol. The third kappa shape index (κ3) is 3.54. The van der Waals surface area contributed by atoms with Gasteiger partial charge in [0.05, 0.1) is 4.92 Å². The number of nitrogens with zero attached hydrogens (tertiary/aromatic N) is 2. The Labute approximate surface area is 125 Å². The molecule has 2 aromatic rings. The Kier molecular flexibility index (Phi) is 4.68. The Morgan fingerprint density at radius 3 is 2.85 bits per heavy atom. The molecule has 2 rings (SSSR count). The molecule has 0 fully saturated rings. The van der Waals surface area contributed by atoms with E-state index < -0.39 is 4.92 Å². The van der Waals surface area contributed by atoms with E-state index >= 15 is 0 Å². The molecule has 1 aromatic carbocycles. The maximum Gasteiger partial charge on any atom is 0.312 e. The van der Waals surface area contributed by atoms with Crippen molar-refractivity contribution in [1.29, 1.82) is 0 Å². The predicted molar refractivity (Wildman–Crippen MR) is 82.0 cm³/mol. The van der Waals surface area contributed by atoms with E-state index in [1.807, 2.05) is 12.1 Å². The summed E-state index contributed by atoms with van der Waals surface area (Å²) in [6.45, 7) is 2.65. The van der Waals surface area contributed by atoms with Crippen molar-refractivity contribution >= 4 is 27.4 Å². The van der Waals surface area contributed by atoms with E-state index in [2.05, 4.69) is 45.3 Å². The second-order valence-corrected chi connectivity index (χ2v) is 5.30. The number of rotatable bonds is 5. The molecule has 1 heterocycles. The molecule has 20 heavy (non-hydrogen) atoms. The van der Waals surface area contributed by atoms with Gasteiger partial charge in [-0.05, 0) is 40.4 Å². The quantitative estimate of drug-likeness (QED) is 0.667. The number of aromatic nitrogens is 1. The van der Waals surface area contributed by atoms with E-state index in [-0.39, 0.29) is 5.69 Å². The first-order valence-electron chi connectivity index (χ1n) is 6.16. The van der Waals surface area contributed by atoms with Gasteiger partial charge in [0.15, 0.2) is 0 Å². The van der Waals surface area contributed by atoms with Crippen molar-refractivity contribution in [2.24, 2.45) is 0 Å². The average Bonchev–Trinajstić information content (AvgIpc) is 2.42. The van der Waals surface area contributed by atoms with Crippen molar-refractivity contribution in [3.8, 4) is 0 Å². The van der Waals surface area contributed by atoms with Gasteiger partial charge >= 0.3 is 5.69 Å². The number of hydrogen-bond acceptors (Lipinski definition) is 4. The van der Waals surface area contributed by atoms with E-state index in [0.717, 1.165) is 6.42 Å². The minimum Gasteiger partial charge on any atom is -0.364 e. The normalized spacial score (nSPS) is 10.3. The molecule has 1 aromatic heterocycles. The summed E-state index contributed by atoms with van der Waals surface area (Å²) in [5.74, 6) is 0.298. The van der Waals surface area contributed by atoms with Gasteiger partial charge < -0.3 is 5.32 Å². The smallest absolute Gasteiger partial charge is 0.312 e. The van der Waals surface area contributed by atoms with Crippen molar-refractivity contribution < 1.29 is 4.92 Å². The van der Waals surface area contributed by atoms with E-state index in [4.69, 9.17) is 0 Å². The number of hydrogen-bond donors (Lipinski definition) is 1. The van der Waals surface area contributed by atoms with E-state index in [9.17, 15) is 10.1 Å². The SMILES string of the molecule is Cc1ccccc1CCNc1ncc(Br)cc1[N+](=O)[O-]. The number of benzene rings is 1. The molecule has 0 aliphatic carbocycles. The van der Waals surface area contributed by atoms with Crippen LogP contribution < -0.4 is 5.32 Å². The predicted octanol–water partition coefficient (Wildman–Crippen LogP) is 3.72. The Morgan fingerprint density at radius 2 is 2.15 bits per heavy atom. The fourth-order valence-electron chi connectivity index (χ4n) is 1.91. The lowest BCUT2D eigenvalue weighted by molar-refractivity contribution is -0.384. The summed E-state index contributed by atoms with van der Waals surface area (Å²) in [6, 6.07) is 9.54. The minimum atomic E-state index is -0.437. The third-order valence-electron chi connectivity index (χ3n) is 2.98. The molecule has 0 radical (unpaired) electrons. The van der Waals surface area contributed by atoms with E-state index in [1.165, 1.54) is 17.2 Å². The van der Waals surface area contributed by atoms with Crippen LogP contribution in [0.4, 0.5) is 11.5 Å². The first-order chi connectivity index (χ1) is 9.58. The zero-order valence-electron chi connectivity index (χ0n) is 11.0. The lowest BCUT2D eigenvalue weighted by Crippen LogP contribution is -2.09. The molecule has 1 N–H and O–H groups in total. The zero-order valence-corrected chi connectivity index (χ0v) is 12.6. The van der Waals surface area contributed by atoms with Crippen LogP contribution in [0.15, 0.2) is 41.0 Å².